The summed E-state index contributed by atoms with van der Waals surface area (Å²) in [6.07, 6.45) is 0.927. The summed E-state index contributed by atoms with van der Waals surface area (Å²) in [4.78, 5) is 14.3. The first-order valence-corrected chi connectivity index (χ1v) is 6.91. The number of halogens is 1. The molecule has 20 heavy (non-hydrogen) atoms. The molecule has 0 aromatic heterocycles. The van der Waals surface area contributed by atoms with Gasteiger partial charge >= 0.3 is 0 Å². The van der Waals surface area contributed by atoms with Crippen molar-refractivity contribution in [1.29, 1.82) is 0 Å². The second kappa shape index (κ2) is 6.84. The first-order chi connectivity index (χ1) is 9.02. The molecule has 0 bridgehead atoms. The molecule has 0 radical (unpaired) electrons. The Labute approximate surface area is 127 Å². The van der Waals surface area contributed by atoms with E-state index < -0.39 is 0 Å². The van der Waals surface area contributed by atoms with Crippen LogP contribution < -0.4 is 15.5 Å². The Bertz CT molecular complexity index is 462. The average molecular weight is 298 g/mol. The minimum Gasteiger partial charge on any atom is -0.382 e. The van der Waals surface area contributed by atoms with Gasteiger partial charge in [-0.05, 0) is 32.4 Å². The third-order valence-corrected chi connectivity index (χ3v) is 3.64. The number of hydrogen-bond donors (Lipinski definition) is 2. The van der Waals surface area contributed by atoms with E-state index in [9.17, 15) is 4.79 Å². The van der Waals surface area contributed by atoms with Crippen molar-refractivity contribution in [2.75, 3.05) is 29.9 Å². The van der Waals surface area contributed by atoms with Crippen LogP contribution >= 0.6 is 12.4 Å². The van der Waals surface area contributed by atoms with E-state index in [0.29, 0.717) is 6.54 Å². The van der Waals surface area contributed by atoms with Crippen LogP contribution in [0.3, 0.4) is 0 Å². The molecule has 0 aliphatic carbocycles. The fraction of sp³-hybridized carbons (Fsp3) is 0.533. The van der Waals surface area contributed by atoms with E-state index in [4.69, 9.17) is 0 Å². The van der Waals surface area contributed by atoms with Crippen molar-refractivity contribution in [3.05, 3.63) is 24.3 Å². The molecule has 0 fully saturated rings. The largest absolute Gasteiger partial charge is 0.382 e. The van der Waals surface area contributed by atoms with Gasteiger partial charge in [0.1, 0.15) is 0 Å². The van der Waals surface area contributed by atoms with E-state index in [1.54, 1.807) is 0 Å². The van der Waals surface area contributed by atoms with Crippen LogP contribution in [-0.2, 0) is 4.79 Å². The van der Waals surface area contributed by atoms with Crippen molar-refractivity contribution in [2.45, 2.75) is 32.7 Å². The molecule has 1 amide bonds. The van der Waals surface area contributed by atoms with Crippen molar-refractivity contribution in [2.24, 2.45) is 0 Å². The van der Waals surface area contributed by atoms with Crippen LogP contribution in [0.5, 0.6) is 0 Å². The number of carbonyl (C=O) groups excluding carboxylic acids is 1. The van der Waals surface area contributed by atoms with E-state index in [0.717, 1.165) is 30.9 Å². The molecule has 2 N–H and O–H groups in total. The Morgan fingerprint density at radius 3 is 2.80 bits per heavy atom. The molecule has 1 aliphatic heterocycles. The fourth-order valence-corrected chi connectivity index (χ4v) is 2.19. The van der Waals surface area contributed by atoms with E-state index in [1.165, 1.54) is 0 Å². The van der Waals surface area contributed by atoms with Crippen molar-refractivity contribution in [3.8, 4) is 0 Å². The van der Waals surface area contributed by atoms with Gasteiger partial charge in [0, 0.05) is 18.6 Å². The first-order valence-electron chi connectivity index (χ1n) is 6.91. The zero-order valence-electron chi connectivity index (χ0n) is 12.4. The summed E-state index contributed by atoms with van der Waals surface area (Å²) in [5.74, 6) is 0.0866. The maximum atomic E-state index is 12.1. The molecule has 1 aromatic rings. The SMILES string of the molecule is CCC(C)(C)NC(=O)CN1CCNc2ccccc21.Cl. The standard InChI is InChI=1S/C15H23N3O.ClH/c1-4-15(2,3)17-14(19)11-18-10-9-16-12-7-5-6-8-13(12)18;/h5-8,16H,4,9-11H2,1-3H3,(H,17,19);1H. The lowest BCUT2D eigenvalue weighted by molar-refractivity contribution is -0.121. The molecular formula is C15H24ClN3O. The fourth-order valence-electron chi connectivity index (χ4n) is 2.19. The molecule has 1 heterocycles. The van der Waals surface area contributed by atoms with Crippen molar-refractivity contribution >= 4 is 29.7 Å². The molecule has 0 atom stereocenters. The smallest absolute Gasteiger partial charge is 0.239 e. The van der Waals surface area contributed by atoms with Gasteiger partial charge in [0.05, 0.1) is 17.9 Å². The lowest BCUT2D eigenvalue weighted by Gasteiger charge is -2.33. The predicted octanol–water partition coefficient (Wildman–Crippen LogP) is 2.65. The summed E-state index contributed by atoms with van der Waals surface area (Å²) >= 11 is 0. The van der Waals surface area contributed by atoms with Gasteiger partial charge in [-0.2, -0.15) is 0 Å². The number of para-hydroxylation sites is 2. The number of nitrogens with one attached hydrogen (secondary N) is 2. The minimum absolute atomic E-state index is 0. The highest BCUT2D eigenvalue weighted by Gasteiger charge is 2.22. The summed E-state index contributed by atoms with van der Waals surface area (Å²) in [5, 5.41) is 6.43. The highest BCUT2D eigenvalue weighted by Crippen LogP contribution is 2.27. The first kappa shape index (κ1) is 16.6. The van der Waals surface area contributed by atoms with E-state index in [2.05, 4.69) is 48.4 Å². The average Bonchev–Trinajstić information content (AvgIpc) is 2.38. The van der Waals surface area contributed by atoms with Crippen LogP contribution in [0.25, 0.3) is 0 Å². The van der Waals surface area contributed by atoms with Crippen LogP contribution in [0.1, 0.15) is 27.2 Å². The highest BCUT2D eigenvalue weighted by molar-refractivity contribution is 5.85. The van der Waals surface area contributed by atoms with Crippen molar-refractivity contribution < 1.29 is 4.79 Å². The lowest BCUT2D eigenvalue weighted by atomic mass is 10.0. The number of hydrogen-bond acceptors (Lipinski definition) is 3. The third kappa shape index (κ3) is 4.04. The molecule has 4 nitrogen and oxygen atoms in total. The zero-order valence-corrected chi connectivity index (χ0v) is 13.2. The van der Waals surface area contributed by atoms with Gasteiger partial charge < -0.3 is 15.5 Å². The lowest BCUT2D eigenvalue weighted by Crippen LogP contribution is -2.48. The quantitative estimate of drug-likeness (QED) is 0.898. The molecule has 1 aliphatic rings. The molecule has 2 rings (SSSR count). The number of anilines is 2. The summed E-state index contributed by atoms with van der Waals surface area (Å²) < 4.78 is 0. The Balaban J connectivity index is 0.00000200. The maximum absolute atomic E-state index is 12.1. The summed E-state index contributed by atoms with van der Waals surface area (Å²) in [6.45, 7) is 8.34. The van der Waals surface area contributed by atoms with E-state index in [1.807, 2.05) is 12.1 Å². The summed E-state index contributed by atoms with van der Waals surface area (Å²) in [7, 11) is 0. The number of amides is 1. The monoisotopic (exact) mass is 297 g/mol. The Hall–Kier alpha value is -1.42. The van der Waals surface area contributed by atoms with Crippen LogP contribution in [0.2, 0.25) is 0 Å². The third-order valence-electron chi connectivity index (χ3n) is 3.64. The molecule has 0 spiro atoms. The minimum atomic E-state index is -0.134. The van der Waals surface area contributed by atoms with Crippen LogP contribution in [0.4, 0.5) is 11.4 Å². The molecule has 0 saturated heterocycles. The Morgan fingerprint density at radius 2 is 2.10 bits per heavy atom. The van der Waals surface area contributed by atoms with Gasteiger partial charge in [-0.25, -0.2) is 0 Å². The molecule has 5 heteroatoms. The van der Waals surface area contributed by atoms with Gasteiger partial charge in [0.2, 0.25) is 5.91 Å². The van der Waals surface area contributed by atoms with E-state index >= 15 is 0 Å². The number of benzene rings is 1. The second-order valence-corrected chi connectivity index (χ2v) is 5.65. The molecule has 0 saturated carbocycles. The topological polar surface area (TPSA) is 44.4 Å². The van der Waals surface area contributed by atoms with Gasteiger partial charge in [-0.15, -0.1) is 12.4 Å². The number of nitrogens with zero attached hydrogens (tertiary/aromatic N) is 1. The van der Waals surface area contributed by atoms with Gasteiger partial charge in [0.25, 0.3) is 0 Å². The van der Waals surface area contributed by atoms with Crippen LogP contribution in [0, 0.1) is 0 Å². The predicted molar refractivity (Wildman–Crippen MR) is 86.9 cm³/mol. The van der Waals surface area contributed by atoms with Crippen LogP contribution in [0.15, 0.2) is 24.3 Å². The Morgan fingerprint density at radius 1 is 1.40 bits per heavy atom. The summed E-state index contributed by atoms with van der Waals surface area (Å²) in [6, 6.07) is 8.12. The second-order valence-electron chi connectivity index (χ2n) is 5.65. The maximum Gasteiger partial charge on any atom is 0.239 e. The van der Waals surface area contributed by atoms with Gasteiger partial charge in [-0.3, -0.25) is 4.79 Å². The molecule has 1 aromatic carbocycles. The van der Waals surface area contributed by atoms with E-state index in [-0.39, 0.29) is 23.9 Å². The summed E-state index contributed by atoms with van der Waals surface area (Å²) in [5.41, 5.74) is 2.08. The molecule has 0 unspecified atom stereocenters. The zero-order chi connectivity index (χ0) is 13.9. The molecular weight excluding hydrogens is 274 g/mol. The highest BCUT2D eigenvalue weighted by atomic mass is 35.5. The van der Waals surface area contributed by atoms with Gasteiger partial charge in [-0.1, -0.05) is 19.1 Å². The normalized spacial score (nSPS) is 13.8. The number of carbonyl (C=O) groups is 1. The van der Waals surface area contributed by atoms with Gasteiger partial charge in [0.15, 0.2) is 0 Å². The molecule has 112 valence electrons. The van der Waals surface area contributed by atoms with Crippen molar-refractivity contribution in [1.82, 2.24) is 5.32 Å². The Kier molecular flexibility index (Phi) is 5.69. The number of fused-ring (bicyclic) bond motifs is 1. The van der Waals surface area contributed by atoms with Crippen molar-refractivity contribution in [3.63, 3.8) is 0 Å². The number of rotatable bonds is 4. The van der Waals surface area contributed by atoms with Crippen LogP contribution in [-0.4, -0.2) is 31.1 Å².